The molecule has 0 unspecified atom stereocenters. The van der Waals surface area contributed by atoms with Crippen molar-refractivity contribution in [3.05, 3.63) is 27.0 Å². The molecule has 0 aromatic carbocycles. The van der Waals surface area contributed by atoms with Crippen molar-refractivity contribution in [2.45, 2.75) is 38.0 Å². The Morgan fingerprint density at radius 1 is 1.37 bits per heavy atom. The van der Waals surface area contributed by atoms with Gasteiger partial charge in [0.15, 0.2) is 6.23 Å². The van der Waals surface area contributed by atoms with Gasteiger partial charge in [-0.2, -0.15) is 9.78 Å². The van der Waals surface area contributed by atoms with E-state index in [-0.39, 0.29) is 6.54 Å². The van der Waals surface area contributed by atoms with Crippen LogP contribution in [0.25, 0.3) is 0 Å². The molecule has 19 heavy (non-hydrogen) atoms. The maximum absolute atomic E-state index is 12.0. The summed E-state index contributed by atoms with van der Waals surface area (Å²) in [6.45, 7) is 1.26. The van der Waals surface area contributed by atoms with E-state index in [2.05, 4.69) is 5.10 Å². The van der Waals surface area contributed by atoms with Crippen LogP contribution < -0.4 is 11.2 Å². The van der Waals surface area contributed by atoms with Gasteiger partial charge >= 0.3 is 5.69 Å². The van der Waals surface area contributed by atoms with E-state index in [4.69, 9.17) is 9.84 Å². The van der Waals surface area contributed by atoms with Gasteiger partial charge in [0.1, 0.15) is 24.5 Å². The molecule has 0 saturated carbocycles. The Kier molecular flexibility index (Phi) is 3.80. The van der Waals surface area contributed by atoms with Gasteiger partial charge in [-0.1, -0.05) is 0 Å². The Bertz CT molecular complexity index is 567. The number of nitrogens with zero attached hydrogens (tertiary/aromatic N) is 3. The van der Waals surface area contributed by atoms with E-state index in [0.717, 1.165) is 15.4 Å². The SMILES string of the molecule is CCn1c(=O)cnn([C@@H]2O[C@H](CO)[C@@H](O)[C@H]2O)c1=O. The van der Waals surface area contributed by atoms with Gasteiger partial charge in [-0.3, -0.25) is 9.36 Å². The fraction of sp³-hybridized carbons (Fsp3) is 0.700. The van der Waals surface area contributed by atoms with Gasteiger partial charge in [0.2, 0.25) is 0 Å². The molecule has 9 nitrogen and oxygen atoms in total. The molecule has 0 bridgehead atoms. The van der Waals surface area contributed by atoms with Crippen molar-refractivity contribution in [2.75, 3.05) is 6.61 Å². The molecule has 1 aromatic heterocycles. The number of aromatic nitrogens is 3. The Hall–Kier alpha value is -1.55. The van der Waals surface area contributed by atoms with E-state index >= 15 is 0 Å². The summed E-state index contributed by atoms with van der Waals surface area (Å²) in [6.07, 6.45) is -4.05. The molecule has 9 heteroatoms. The minimum absolute atomic E-state index is 0.148. The standard InChI is InChI=1S/C10H15N3O6/c1-2-12-6(15)3-11-13(10(12)18)9-8(17)7(16)5(4-14)19-9/h3,5,7-9,14,16-17H,2,4H2,1H3/t5-,7-,8-,9-/m1/s1. The van der Waals surface area contributed by atoms with E-state index in [1.807, 2.05) is 0 Å². The van der Waals surface area contributed by atoms with Crippen LogP contribution in [0.3, 0.4) is 0 Å². The lowest BCUT2D eigenvalue weighted by Crippen LogP contribution is -2.44. The van der Waals surface area contributed by atoms with Crippen LogP contribution in [0.15, 0.2) is 15.8 Å². The second-order valence-electron chi connectivity index (χ2n) is 4.18. The maximum atomic E-state index is 12.0. The first-order chi connectivity index (χ1) is 9.01. The smallest absolute Gasteiger partial charge is 0.349 e. The maximum Gasteiger partial charge on any atom is 0.349 e. The first-order valence-electron chi connectivity index (χ1n) is 5.82. The van der Waals surface area contributed by atoms with Gasteiger partial charge in [0, 0.05) is 6.54 Å². The molecule has 0 aliphatic carbocycles. The number of aliphatic hydroxyl groups is 3. The summed E-state index contributed by atoms with van der Waals surface area (Å²) in [6, 6.07) is 0. The molecule has 1 fully saturated rings. The van der Waals surface area contributed by atoms with Crippen LogP contribution in [0.1, 0.15) is 13.2 Å². The normalized spacial score (nSPS) is 30.7. The molecule has 106 valence electrons. The van der Waals surface area contributed by atoms with Gasteiger partial charge < -0.3 is 20.1 Å². The van der Waals surface area contributed by atoms with Gasteiger partial charge in [-0.05, 0) is 6.92 Å². The number of hydrogen-bond acceptors (Lipinski definition) is 7. The molecular weight excluding hydrogens is 258 g/mol. The first kappa shape index (κ1) is 13.9. The van der Waals surface area contributed by atoms with Crippen LogP contribution >= 0.6 is 0 Å². The monoisotopic (exact) mass is 273 g/mol. The molecule has 3 N–H and O–H groups in total. The largest absolute Gasteiger partial charge is 0.394 e. The van der Waals surface area contributed by atoms with Crippen LogP contribution in [-0.2, 0) is 11.3 Å². The highest BCUT2D eigenvalue weighted by Gasteiger charge is 2.44. The molecule has 0 amide bonds. The highest BCUT2D eigenvalue weighted by Crippen LogP contribution is 2.27. The predicted molar refractivity (Wildman–Crippen MR) is 61.4 cm³/mol. The van der Waals surface area contributed by atoms with Gasteiger partial charge in [0.25, 0.3) is 5.56 Å². The average molecular weight is 273 g/mol. The van der Waals surface area contributed by atoms with Gasteiger partial charge in [-0.25, -0.2) is 4.79 Å². The number of rotatable bonds is 3. The molecule has 4 atom stereocenters. The van der Waals surface area contributed by atoms with Crippen LogP contribution in [0.4, 0.5) is 0 Å². The number of ether oxygens (including phenoxy) is 1. The Morgan fingerprint density at radius 3 is 2.58 bits per heavy atom. The summed E-state index contributed by atoms with van der Waals surface area (Å²) in [5, 5.41) is 32.0. The summed E-state index contributed by atoms with van der Waals surface area (Å²) >= 11 is 0. The Morgan fingerprint density at radius 2 is 2.05 bits per heavy atom. The number of aliphatic hydroxyl groups excluding tert-OH is 3. The highest BCUT2D eigenvalue weighted by atomic mass is 16.6. The summed E-state index contributed by atoms with van der Waals surface area (Å²) in [5.41, 5.74) is -1.31. The zero-order chi connectivity index (χ0) is 14.2. The van der Waals surface area contributed by atoms with Crippen molar-refractivity contribution in [3.63, 3.8) is 0 Å². The molecule has 2 rings (SSSR count). The summed E-state index contributed by atoms with van der Waals surface area (Å²) < 4.78 is 6.88. The fourth-order valence-corrected chi connectivity index (χ4v) is 2.00. The zero-order valence-corrected chi connectivity index (χ0v) is 10.2. The second-order valence-corrected chi connectivity index (χ2v) is 4.18. The molecule has 1 aliphatic rings. The first-order valence-corrected chi connectivity index (χ1v) is 5.82. The van der Waals surface area contributed by atoms with Crippen LogP contribution in [0.5, 0.6) is 0 Å². The van der Waals surface area contributed by atoms with E-state index in [0.29, 0.717) is 0 Å². The lowest BCUT2D eigenvalue weighted by Gasteiger charge is -2.16. The van der Waals surface area contributed by atoms with E-state index in [1.165, 1.54) is 0 Å². The van der Waals surface area contributed by atoms with Crippen molar-refractivity contribution in [3.8, 4) is 0 Å². The average Bonchev–Trinajstić information content (AvgIpc) is 2.67. The summed E-state index contributed by atoms with van der Waals surface area (Å²) in [7, 11) is 0. The van der Waals surface area contributed by atoms with E-state index in [9.17, 15) is 19.8 Å². The van der Waals surface area contributed by atoms with E-state index < -0.39 is 42.4 Å². The third-order valence-electron chi connectivity index (χ3n) is 3.06. The van der Waals surface area contributed by atoms with Crippen LogP contribution in [-0.4, -0.2) is 54.6 Å². The summed E-state index contributed by atoms with van der Waals surface area (Å²) in [4.78, 5) is 23.4. The highest BCUT2D eigenvalue weighted by molar-refractivity contribution is 4.89. The minimum atomic E-state index is -1.41. The zero-order valence-electron chi connectivity index (χ0n) is 10.2. The molecule has 0 radical (unpaired) electrons. The van der Waals surface area contributed by atoms with Gasteiger partial charge in [-0.15, -0.1) is 0 Å². The lowest BCUT2D eigenvalue weighted by molar-refractivity contribution is -0.0625. The van der Waals surface area contributed by atoms with E-state index in [1.54, 1.807) is 6.92 Å². The van der Waals surface area contributed by atoms with Crippen molar-refractivity contribution < 1.29 is 20.1 Å². The molecule has 1 aromatic rings. The second kappa shape index (κ2) is 5.21. The number of hydrogen-bond donors (Lipinski definition) is 3. The van der Waals surface area contributed by atoms with Crippen molar-refractivity contribution in [1.29, 1.82) is 0 Å². The lowest BCUT2D eigenvalue weighted by atomic mass is 10.1. The van der Waals surface area contributed by atoms with Gasteiger partial charge in [0.05, 0.1) is 6.61 Å². The Labute approximate surface area is 107 Å². The molecule has 0 spiro atoms. The molecule has 1 saturated heterocycles. The topological polar surface area (TPSA) is 127 Å². The molecule has 1 aliphatic heterocycles. The fourth-order valence-electron chi connectivity index (χ4n) is 2.00. The third kappa shape index (κ3) is 2.21. The summed E-state index contributed by atoms with van der Waals surface area (Å²) in [5.74, 6) is 0. The Balaban J connectivity index is 2.44. The van der Waals surface area contributed by atoms with Crippen molar-refractivity contribution in [1.82, 2.24) is 14.3 Å². The molecular formula is C10H15N3O6. The predicted octanol–water partition coefficient (Wildman–Crippen LogP) is -2.96. The van der Waals surface area contributed by atoms with Crippen LogP contribution in [0, 0.1) is 0 Å². The quantitative estimate of drug-likeness (QED) is 0.537. The van der Waals surface area contributed by atoms with Crippen molar-refractivity contribution >= 4 is 0 Å². The third-order valence-corrected chi connectivity index (χ3v) is 3.06. The van der Waals surface area contributed by atoms with Crippen LogP contribution in [0.2, 0.25) is 0 Å². The van der Waals surface area contributed by atoms with Crippen molar-refractivity contribution in [2.24, 2.45) is 0 Å². The molecule has 2 heterocycles. The minimum Gasteiger partial charge on any atom is -0.394 e.